The summed E-state index contributed by atoms with van der Waals surface area (Å²) in [7, 11) is 2.01. The van der Waals surface area contributed by atoms with E-state index in [9.17, 15) is 0 Å². The highest BCUT2D eigenvalue weighted by atomic mass is 32.1. The van der Waals surface area contributed by atoms with E-state index in [0.717, 1.165) is 29.5 Å². The zero-order chi connectivity index (χ0) is 18.5. The third-order valence-electron chi connectivity index (χ3n) is 4.54. The van der Waals surface area contributed by atoms with Gasteiger partial charge in [-0.25, -0.2) is 4.57 Å². The Balaban J connectivity index is 1.79. The van der Waals surface area contributed by atoms with Gasteiger partial charge in [0.15, 0.2) is 0 Å². The molecule has 0 saturated carbocycles. The fourth-order valence-electron chi connectivity index (χ4n) is 2.77. The minimum absolute atomic E-state index is 0.905. The Labute approximate surface area is 159 Å². The number of rotatable bonds is 6. The average molecular weight is 366 g/mol. The summed E-state index contributed by atoms with van der Waals surface area (Å²) >= 11 is 1.61. The lowest BCUT2D eigenvalue weighted by Crippen LogP contribution is -2.28. The Morgan fingerprint density at radius 1 is 1.04 bits per heavy atom. The van der Waals surface area contributed by atoms with Crippen molar-refractivity contribution >= 4 is 27.8 Å². The van der Waals surface area contributed by atoms with Gasteiger partial charge in [-0.1, -0.05) is 30.3 Å². The first-order valence-electron chi connectivity index (χ1n) is 8.84. The highest BCUT2D eigenvalue weighted by Crippen LogP contribution is 2.27. The fourth-order valence-corrected chi connectivity index (χ4v) is 3.60. The van der Waals surface area contributed by atoms with Crippen LogP contribution in [0.2, 0.25) is 0 Å². The van der Waals surface area contributed by atoms with Crippen molar-refractivity contribution in [3.63, 3.8) is 0 Å². The van der Waals surface area contributed by atoms with E-state index in [2.05, 4.69) is 94.4 Å². The molecule has 0 aliphatic rings. The molecule has 4 nitrogen and oxygen atoms in total. The number of azo groups is 1. The third-order valence-corrected chi connectivity index (χ3v) is 5.56. The summed E-state index contributed by atoms with van der Waals surface area (Å²) in [6.07, 6.45) is 0. The number of anilines is 1. The molecule has 0 aliphatic heterocycles. The van der Waals surface area contributed by atoms with Gasteiger partial charge in [0, 0.05) is 24.2 Å². The molecule has 0 radical (unpaired) electrons. The van der Waals surface area contributed by atoms with Gasteiger partial charge in [-0.2, -0.15) is 0 Å². The lowest BCUT2D eigenvalue weighted by Gasteiger charge is -2.23. The standard InChI is InChI=1S/C21H25N4S/c1-5-25(14-18-9-7-6-8-10-18)19-11-12-20(16(2)13-19)22-23-21-24(4)17(3)15-26-21/h6-13,15H,5,14H2,1-4H3/q+1. The molecule has 5 heteroatoms. The zero-order valence-electron chi connectivity index (χ0n) is 15.8. The minimum atomic E-state index is 0.905. The van der Waals surface area contributed by atoms with Gasteiger partial charge in [-0.15, -0.1) is 0 Å². The predicted octanol–water partition coefficient (Wildman–Crippen LogP) is 5.63. The van der Waals surface area contributed by atoms with Crippen molar-refractivity contribution in [3.8, 4) is 0 Å². The van der Waals surface area contributed by atoms with E-state index in [1.165, 1.54) is 16.9 Å². The van der Waals surface area contributed by atoms with Crippen molar-refractivity contribution in [3.05, 3.63) is 70.7 Å². The summed E-state index contributed by atoms with van der Waals surface area (Å²) in [5.41, 5.74) is 5.77. The topological polar surface area (TPSA) is 31.8 Å². The van der Waals surface area contributed by atoms with Gasteiger partial charge in [0.25, 0.3) is 0 Å². The highest BCUT2D eigenvalue weighted by Gasteiger charge is 2.13. The monoisotopic (exact) mass is 365 g/mol. The second-order valence-corrected chi connectivity index (χ2v) is 7.23. The second kappa shape index (κ2) is 8.23. The van der Waals surface area contributed by atoms with Gasteiger partial charge in [0.2, 0.25) is 0 Å². The van der Waals surface area contributed by atoms with E-state index in [-0.39, 0.29) is 0 Å². The molecule has 1 heterocycles. The molecule has 1 aromatic heterocycles. The van der Waals surface area contributed by atoms with Crippen molar-refractivity contribution in [1.82, 2.24) is 0 Å². The van der Waals surface area contributed by atoms with E-state index in [1.54, 1.807) is 11.3 Å². The molecule has 0 fully saturated rings. The van der Waals surface area contributed by atoms with Crippen LogP contribution < -0.4 is 9.47 Å². The molecule has 0 amide bonds. The molecule has 0 atom stereocenters. The van der Waals surface area contributed by atoms with Crippen LogP contribution in [0.4, 0.5) is 16.5 Å². The molecule has 2 aromatic carbocycles. The summed E-state index contributed by atoms with van der Waals surface area (Å²) in [5.74, 6) is 0. The molecule has 134 valence electrons. The first-order valence-corrected chi connectivity index (χ1v) is 9.72. The van der Waals surface area contributed by atoms with Crippen molar-refractivity contribution in [2.45, 2.75) is 27.3 Å². The second-order valence-electron chi connectivity index (χ2n) is 6.39. The van der Waals surface area contributed by atoms with Crippen LogP contribution in [0.15, 0.2) is 64.1 Å². The Bertz CT molecular complexity index is 900. The van der Waals surface area contributed by atoms with Crippen LogP contribution in [-0.2, 0) is 13.6 Å². The molecule has 0 unspecified atom stereocenters. The van der Waals surface area contributed by atoms with E-state index < -0.39 is 0 Å². The number of aromatic nitrogens is 1. The fraction of sp³-hybridized carbons (Fsp3) is 0.286. The van der Waals surface area contributed by atoms with E-state index >= 15 is 0 Å². The number of aryl methyl sites for hydroxylation is 2. The lowest BCUT2D eigenvalue weighted by molar-refractivity contribution is -0.660. The number of benzene rings is 2. The first-order chi connectivity index (χ1) is 12.6. The summed E-state index contributed by atoms with van der Waals surface area (Å²) in [6.45, 7) is 8.21. The van der Waals surface area contributed by atoms with Crippen LogP contribution in [0.1, 0.15) is 23.7 Å². The summed E-state index contributed by atoms with van der Waals surface area (Å²) in [6, 6.07) is 17.0. The molecular weight excluding hydrogens is 340 g/mol. The molecule has 0 bridgehead atoms. The van der Waals surface area contributed by atoms with Crippen LogP contribution in [0.5, 0.6) is 0 Å². The first kappa shape index (κ1) is 18.3. The van der Waals surface area contributed by atoms with Crippen LogP contribution in [0.25, 0.3) is 0 Å². The average Bonchev–Trinajstić information content (AvgIpc) is 2.98. The van der Waals surface area contributed by atoms with Gasteiger partial charge in [-0.05, 0) is 66.5 Å². The van der Waals surface area contributed by atoms with Crippen LogP contribution in [-0.4, -0.2) is 6.54 Å². The van der Waals surface area contributed by atoms with Crippen molar-refractivity contribution in [2.75, 3.05) is 11.4 Å². The number of hydrogen-bond donors (Lipinski definition) is 0. The molecule has 26 heavy (non-hydrogen) atoms. The number of nitrogens with zero attached hydrogens (tertiary/aromatic N) is 4. The van der Waals surface area contributed by atoms with Crippen molar-refractivity contribution in [1.29, 1.82) is 0 Å². The van der Waals surface area contributed by atoms with Crippen LogP contribution >= 0.6 is 11.3 Å². The minimum Gasteiger partial charge on any atom is -0.367 e. The van der Waals surface area contributed by atoms with E-state index in [0.29, 0.717) is 0 Å². The quantitative estimate of drug-likeness (QED) is 0.411. The Morgan fingerprint density at radius 3 is 2.42 bits per heavy atom. The van der Waals surface area contributed by atoms with Gasteiger partial charge in [-0.3, -0.25) is 0 Å². The molecular formula is C21H25N4S+. The van der Waals surface area contributed by atoms with E-state index in [4.69, 9.17) is 0 Å². The van der Waals surface area contributed by atoms with Crippen molar-refractivity contribution < 1.29 is 4.57 Å². The maximum atomic E-state index is 4.46. The van der Waals surface area contributed by atoms with Crippen molar-refractivity contribution in [2.24, 2.45) is 17.3 Å². The maximum Gasteiger partial charge on any atom is 0.408 e. The van der Waals surface area contributed by atoms with Gasteiger partial charge < -0.3 is 4.90 Å². The third kappa shape index (κ3) is 4.17. The SMILES string of the molecule is CCN(Cc1ccccc1)c1ccc(/N=N/c2scc(C)[n+]2C)c(C)c1. The number of hydrogen-bond acceptors (Lipinski definition) is 4. The maximum absolute atomic E-state index is 4.46. The smallest absolute Gasteiger partial charge is 0.367 e. The van der Waals surface area contributed by atoms with Crippen LogP contribution in [0.3, 0.4) is 0 Å². The van der Waals surface area contributed by atoms with E-state index in [1.807, 2.05) is 7.05 Å². The Kier molecular flexibility index (Phi) is 5.78. The summed E-state index contributed by atoms with van der Waals surface area (Å²) < 4.78 is 2.05. The number of thiazole rings is 1. The Hall–Kier alpha value is -2.53. The summed E-state index contributed by atoms with van der Waals surface area (Å²) in [5, 5.41) is 11.9. The molecule has 0 saturated heterocycles. The van der Waals surface area contributed by atoms with Gasteiger partial charge in [0.05, 0.1) is 12.2 Å². The predicted molar refractivity (Wildman–Crippen MR) is 109 cm³/mol. The van der Waals surface area contributed by atoms with Gasteiger partial charge in [0.1, 0.15) is 11.4 Å². The zero-order valence-corrected chi connectivity index (χ0v) is 16.6. The molecule has 3 aromatic rings. The largest absolute Gasteiger partial charge is 0.408 e. The molecule has 0 aliphatic carbocycles. The lowest BCUT2D eigenvalue weighted by atomic mass is 10.1. The molecule has 3 rings (SSSR count). The van der Waals surface area contributed by atoms with Crippen LogP contribution in [0, 0.1) is 13.8 Å². The Morgan fingerprint density at radius 2 is 1.81 bits per heavy atom. The highest BCUT2D eigenvalue weighted by molar-refractivity contribution is 7.12. The molecule has 0 spiro atoms. The summed E-state index contributed by atoms with van der Waals surface area (Å²) in [4.78, 5) is 2.37. The molecule has 0 N–H and O–H groups in total. The normalized spacial score (nSPS) is 11.2. The van der Waals surface area contributed by atoms with Gasteiger partial charge >= 0.3 is 5.13 Å².